The minimum Gasteiger partial charge on any atom is -0.477 e. The molecule has 1 aromatic carbocycles. The number of halogens is 1. The van der Waals surface area contributed by atoms with Crippen LogP contribution in [0.2, 0.25) is 0 Å². The molecule has 1 atom stereocenters. The topological polar surface area (TPSA) is 110 Å². The highest BCUT2D eigenvalue weighted by Gasteiger charge is 2.36. The summed E-state index contributed by atoms with van der Waals surface area (Å²) in [6, 6.07) is 9.24. The first-order chi connectivity index (χ1) is 16.2. The predicted molar refractivity (Wildman–Crippen MR) is 116 cm³/mol. The zero-order chi connectivity index (χ0) is 22.8. The molecule has 1 aliphatic heterocycles. The number of nitrogens with zero attached hydrogens (tertiary/aromatic N) is 5. The quantitative estimate of drug-likeness (QED) is 0.474. The highest BCUT2D eigenvalue weighted by atomic mass is 19.1. The van der Waals surface area contributed by atoms with Gasteiger partial charge in [-0.3, -0.25) is 9.89 Å². The molecule has 1 N–H and O–H groups in total. The molecule has 3 aromatic heterocycles. The van der Waals surface area contributed by atoms with E-state index in [1.54, 1.807) is 35.4 Å². The van der Waals surface area contributed by atoms with Crippen LogP contribution in [0.15, 0.2) is 53.3 Å². The monoisotopic (exact) mass is 448 g/mol. The van der Waals surface area contributed by atoms with E-state index in [0.717, 1.165) is 6.42 Å². The molecule has 10 heteroatoms. The van der Waals surface area contributed by atoms with E-state index < -0.39 is 11.9 Å². The third-order valence-corrected chi connectivity index (χ3v) is 5.55. The maximum Gasteiger partial charge on any atom is 0.255 e. The van der Waals surface area contributed by atoms with Crippen LogP contribution in [0.3, 0.4) is 0 Å². The summed E-state index contributed by atoms with van der Waals surface area (Å²) in [5, 5.41) is 10.7. The number of nitrogens with one attached hydrogen (secondary N) is 1. The summed E-state index contributed by atoms with van der Waals surface area (Å²) in [5.74, 6) is 0.265. The van der Waals surface area contributed by atoms with E-state index in [0.29, 0.717) is 48.4 Å². The van der Waals surface area contributed by atoms with Gasteiger partial charge in [0.2, 0.25) is 17.6 Å². The Morgan fingerprint density at radius 1 is 1.27 bits per heavy atom. The standard InChI is InChI=1S/C23H21FN6O3/c1-2-32-21-15(7-4-11-25-21)20-27-22(33-29-20)18-9-5-13-30(18)23(31)14-6-3-8-16(24)19(14)17-10-12-26-28-17/h3-4,6-8,10-12,18H,2,5,9,13H2,1H3,(H,26,28). The lowest BCUT2D eigenvalue weighted by Gasteiger charge is -2.23. The summed E-state index contributed by atoms with van der Waals surface area (Å²) in [4.78, 5) is 23.9. The molecule has 1 fully saturated rings. The summed E-state index contributed by atoms with van der Waals surface area (Å²) in [6.07, 6.45) is 4.57. The Bertz CT molecular complexity index is 1270. The Labute approximate surface area is 188 Å². The largest absolute Gasteiger partial charge is 0.477 e. The lowest BCUT2D eigenvalue weighted by molar-refractivity contribution is 0.0710. The van der Waals surface area contributed by atoms with Crippen molar-refractivity contribution in [1.29, 1.82) is 0 Å². The molecule has 0 bridgehead atoms. The molecule has 5 rings (SSSR count). The van der Waals surface area contributed by atoms with Gasteiger partial charge in [-0.1, -0.05) is 11.2 Å². The van der Waals surface area contributed by atoms with Crippen LogP contribution in [0.4, 0.5) is 4.39 Å². The van der Waals surface area contributed by atoms with Crippen LogP contribution >= 0.6 is 0 Å². The van der Waals surface area contributed by atoms with Crippen LogP contribution in [0.5, 0.6) is 5.88 Å². The fourth-order valence-electron chi connectivity index (χ4n) is 4.09. The minimum atomic E-state index is -0.499. The van der Waals surface area contributed by atoms with Crippen LogP contribution in [0, 0.1) is 5.82 Å². The van der Waals surface area contributed by atoms with Crippen molar-refractivity contribution in [3.63, 3.8) is 0 Å². The summed E-state index contributed by atoms with van der Waals surface area (Å²) in [5.41, 5.74) is 1.48. The molecule has 1 unspecified atom stereocenters. The average Bonchev–Trinajstić information content (AvgIpc) is 3.60. The second kappa shape index (κ2) is 8.81. The fraction of sp³-hybridized carbons (Fsp3) is 0.261. The molecule has 0 saturated carbocycles. The lowest BCUT2D eigenvalue weighted by atomic mass is 10.0. The van der Waals surface area contributed by atoms with Crippen LogP contribution in [-0.4, -0.2) is 49.3 Å². The van der Waals surface area contributed by atoms with Crippen molar-refractivity contribution in [1.82, 2.24) is 30.2 Å². The summed E-state index contributed by atoms with van der Waals surface area (Å²) in [7, 11) is 0. The van der Waals surface area contributed by atoms with Crippen LogP contribution in [-0.2, 0) is 0 Å². The molecule has 168 valence electrons. The van der Waals surface area contributed by atoms with Gasteiger partial charge in [-0.2, -0.15) is 10.1 Å². The van der Waals surface area contributed by atoms with E-state index in [9.17, 15) is 9.18 Å². The number of carbonyl (C=O) groups is 1. The molecular formula is C23H21FN6O3. The SMILES string of the molecule is CCOc1ncccc1-c1noc(C2CCCN2C(=O)c2cccc(F)c2-c2ccn[nH]2)n1. The van der Waals surface area contributed by atoms with Crippen molar-refractivity contribution in [2.75, 3.05) is 13.2 Å². The Balaban J connectivity index is 1.46. The fourth-order valence-corrected chi connectivity index (χ4v) is 4.09. The highest BCUT2D eigenvalue weighted by Crippen LogP contribution is 2.36. The smallest absolute Gasteiger partial charge is 0.255 e. The number of rotatable bonds is 6. The van der Waals surface area contributed by atoms with Gasteiger partial charge in [0.15, 0.2) is 0 Å². The number of aromatic nitrogens is 5. The first-order valence-corrected chi connectivity index (χ1v) is 10.7. The Morgan fingerprint density at radius 3 is 3.00 bits per heavy atom. The van der Waals surface area contributed by atoms with Crippen molar-refractivity contribution in [2.45, 2.75) is 25.8 Å². The normalized spacial score (nSPS) is 15.7. The average molecular weight is 448 g/mol. The van der Waals surface area contributed by atoms with E-state index in [-0.39, 0.29) is 17.0 Å². The molecule has 1 saturated heterocycles. The number of benzene rings is 1. The van der Waals surface area contributed by atoms with E-state index >= 15 is 0 Å². The maximum absolute atomic E-state index is 14.7. The van der Waals surface area contributed by atoms with Gasteiger partial charge in [0.25, 0.3) is 5.91 Å². The summed E-state index contributed by atoms with van der Waals surface area (Å²) < 4.78 is 25.8. The molecule has 1 aliphatic rings. The van der Waals surface area contributed by atoms with Crippen molar-refractivity contribution in [3.05, 3.63) is 66.1 Å². The molecule has 1 amide bonds. The number of likely N-dealkylation sites (tertiary alicyclic amines) is 1. The van der Waals surface area contributed by atoms with Gasteiger partial charge in [0.1, 0.15) is 11.9 Å². The number of hydrogen-bond acceptors (Lipinski definition) is 7. The van der Waals surface area contributed by atoms with E-state index in [2.05, 4.69) is 25.3 Å². The number of ether oxygens (including phenoxy) is 1. The number of amides is 1. The second-order valence-corrected chi connectivity index (χ2v) is 7.53. The molecule has 4 heterocycles. The molecule has 0 radical (unpaired) electrons. The predicted octanol–water partition coefficient (Wildman–Crippen LogP) is 4.04. The number of carbonyl (C=O) groups excluding carboxylic acids is 1. The zero-order valence-electron chi connectivity index (χ0n) is 17.9. The van der Waals surface area contributed by atoms with Crippen molar-refractivity contribution >= 4 is 5.91 Å². The van der Waals surface area contributed by atoms with Crippen molar-refractivity contribution in [2.24, 2.45) is 0 Å². The Morgan fingerprint density at radius 2 is 2.18 bits per heavy atom. The van der Waals surface area contributed by atoms with Gasteiger partial charge < -0.3 is 14.2 Å². The molecule has 4 aromatic rings. The molecule has 33 heavy (non-hydrogen) atoms. The van der Waals surface area contributed by atoms with Gasteiger partial charge in [-0.25, -0.2) is 9.37 Å². The molecular weight excluding hydrogens is 427 g/mol. The van der Waals surface area contributed by atoms with Crippen LogP contribution < -0.4 is 4.74 Å². The zero-order valence-corrected chi connectivity index (χ0v) is 17.9. The molecule has 9 nitrogen and oxygen atoms in total. The second-order valence-electron chi connectivity index (χ2n) is 7.53. The van der Waals surface area contributed by atoms with Crippen molar-refractivity contribution < 1.29 is 18.4 Å². The minimum absolute atomic E-state index is 0.189. The number of hydrogen-bond donors (Lipinski definition) is 1. The van der Waals surface area contributed by atoms with E-state index in [4.69, 9.17) is 9.26 Å². The van der Waals surface area contributed by atoms with Gasteiger partial charge in [0, 0.05) is 24.5 Å². The molecule has 0 spiro atoms. The summed E-state index contributed by atoms with van der Waals surface area (Å²) >= 11 is 0. The maximum atomic E-state index is 14.7. The van der Waals surface area contributed by atoms with Crippen molar-refractivity contribution in [3.8, 4) is 28.5 Å². The van der Waals surface area contributed by atoms with Gasteiger partial charge in [-0.15, -0.1) is 0 Å². The van der Waals surface area contributed by atoms with E-state index in [1.807, 2.05) is 6.92 Å². The Kier molecular flexibility index (Phi) is 5.55. The first-order valence-electron chi connectivity index (χ1n) is 10.7. The number of pyridine rings is 1. The van der Waals surface area contributed by atoms with Gasteiger partial charge in [0.05, 0.1) is 23.4 Å². The number of aromatic amines is 1. The number of H-pyrrole nitrogens is 1. The molecule has 0 aliphatic carbocycles. The third-order valence-electron chi connectivity index (χ3n) is 5.55. The van der Waals surface area contributed by atoms with Gasteiger partial charge in [-0.05, 0) is 50.1 Å². The first kappa shape index (κ1) is 20.8. The Hall–Kier alpha value is -4.08. The van der Waals surface area contributed by atoms with Crippen LogP contribution in [0.1, 0.15) is 42.1 Å². The van der Waals surface area contributed by atoms with Gasteiger partial charge >= 0.3 is 0 Å². The lowest BCUT2D eigenvalue weighted by Crippen LogP contribution is -2.31. The van der Waals surface area contributed by atoms with Crippen LogP contribution in [0.25, 0.3) is 22.6 Å². The third kappa shape index (κ3) is 3.84. The van der Waals surface area contributed by atoms with E-state index in [1.165, 1.54) is 18.3 Å². The summed E-state index contributed by atoms with van der Waals surface area (Å²) in [6.45, 7) is 2.81. The highest BCUT2D eigenvalue weighted by molar-refractivity contribution is 6.01.